The SMILES string of the molecule is Cc1ccc(NC(=O)CN2C(=O)NC(C)(c3ccc(C(C)(C)C)cc3)C2=O)cc1Cl. The van der Waals surface area contributed by atoms with Crippen LogP contribution in [0.25, 0.3) is 0 Å². The lowest BCUT2D eigenvalue weighted by Crippen LogP contribution is -2.42. The molecule has 1 heterocycles. The molecular formula is C23H26ClN3O3. The quantitative estimate of drug-likeness (QED) is 0.712. The van der Waals surface area contributed by atoms with Crippen molar-refractivity contribution in [1.82, 2.24) is 10.2 Å². The normalized spacial score (nSPS) is 19.1. The first-order valence-electron chi connectivity index (χ1n) is 9.73. The third kappa shape index (κ3) is 4.19. The van der Waals surface area contributed by atoms with E-state index < -0.39 is 23.4 Å². The van der Waals surface area contributed by atoms with Crippen molar-refractivity contribution in [2.75, 3.05) is 11.9 Å². The van der Waals surface area contributed by atoms with Crippen LogP contribution in [0.1, 0.15) is 44.4 Å². The molecule has 0 aliphatic carbocycles. The van der Waals surface area contributed by atoms with E-state index in [9.17, 15) is 14.4 Å². The molecule has 1 saturated heterocycles. The third-order valence-corrected chi connectivity index (χ3v) is 5.77. The van der Waals surface area contributed by atoms with Crippen molar-refractivity contribution in [2.45, 2.75) is 45.6 Å². The third-order valence-electron chi connectivity index (χ3n) is 5.36. The first-order chi connectivity index (χ1) is 13.9. The fourth-order valence-corrected chi connectivity index (χ4v) is 3.54. The summed E-state index contributed by atoms with van der Waals surface area (Å²) in [6.45, 7) is 9.44. The van der Waals surface area contributed by atoms with Crippen LogP contribution >= 0.6 is 11.6 Å². The smallest absolute Gasteiger partial charge is 0.324 e. The van der Waals surface area contributed by atoms with Gasteiger partial charge in [0.1, 0.15) is 12.1 Å². The number of imide groups is 1. The molecule has 2 aromatic rings. The molecule has 7 heteroatoms. The van der Waals surface area contributed by atoms with Crippen LogP contribution in [0.3, 0.4) is 0 Å². The van der Waals surface area contributed by atoms with E-state index in [-0.39, 0.29) is 12.0 Å². The van der Waals surface area contributed by atoms with Gasteiger partial charge in [-0.05, 0) is 48.1 Å². The average molecular weight is 428 g/mol. The van der Waals surface area contributed by atoms with Gasteiger partial charge in [0.05, 0.1) is 0 Å². The van der Waals surface area contributed by atoms with Gasteiger partial charge in [0, 0.05) is 10.7 Å². The molecule has 0 bridgehead atoms. The Hall–Kier alpha value is -2.86. The maximum atomic E-state index is 13.0. The Kier molecular flexibility index (Phi) is 5.65. The number of hydrogen-bond acceptors (Lipinski definition) is 3. The largest absolute Gasteiger partial charge is 0.325 e. The number of anilines is 1. The number of carbonyl (C=O) groups is 3. The predicted molar refractivity (Wildman–Crippen MR) is 118 cm³/mol. The summed E-state index contributed by atoms with van der Waals surface area (Å²) in [5, 5.41) is 5.92. The van der Waals surface area contributed by atoms with Gasteiger partial charge >= 0.3 is 6.03 Å². The van der Waals surface area contributed by atoms with E-state index >= 15 is 0 Å². The minimum Gasteiger partial charge on any atom is -0.324 e. The van der Waals surface area contributed by atoms with E-state index in [2.05, 4.69) is 31.4 Å². The number of amides is 4. The van der Waals surface area contributed by atoms with Crippen LogP contribution < -0.4 is 10.6 Å². The number of urea groups is 1. The van der Waals surface area contributed by atoms with Crippen molar-refractivity contribution in [3.63, 3.8) is 0 Å². The fourth-order valence-electron chi connectivity index (χ4n) is 3.35. The lowest BCUT2D eigenvalue weighted by Gasteiger charge is -2.24. The summed E-state index contributed by atoms with van der Waals surface area (Å²) >= 11 is 6.08. The van der Waals surface area contributed by atoms with Crippen LogP contribution in [-0.2, 0) is 20.5 Å². The molecule has 0 spiro atoms. The molecule has 0 aromatic heterocycles. The van der Waals surface area contributed by atoms with E-state index in [1.54, 1.807) is 25.1 Å². The Morgan fingerprint density at radius 1 is 1.13 bits per heavy atom. The summed E-state index contributed by atoms with van der Waals surface area (Å²) in [7, 11) is 0. The zero-order chi connectivity index (χ0) is 22.3. The molecule has 1 atom stereocenters. The Morgan fingerprint density at radius 3 is 2.33 bits per heavy atom. The van der Waals surface area contributed by atoms with Gasteiger partial charge in [-0.2, -0.15) is 0 Å². The molecule has 158 valence electrons. The summed E-state index contributed by atoms with van der Waals surface area (Å²) in [4.78, 5) is 38.9. The van der Waals surface area contributed by atoms with Crippen LogP contribution in [0.15, 0.2) is 42.5 Å². The second kappa shape index (κ2) is 7.76. The number of nitrogens with one attached hydrogen (secondary N) is 2. The minimum absolute atomic E-state index is 0.0225. The van der Waals surface area contributed by atoms with E-state index in [1.165, 1.54) is 0 Å². The minimum atomic E-state index is -1.22. The van der Waals surface area contributed by atoms with Crippen LogP contribution in [0.4, 0.5) is 10.5 Å². The Balaban J connectivity index is 1.75. The molecule has 0 radical (unpaired) electrons. The molecule has 6 nitrogen and oxygen atoms in total. The van der Waals surface area contributed by atoms with Gasteiger partial charge in [0.15, 0.2) is 0 Å². The van der Waals surface area contributed by atoms with Crippen molar-refractivity contribution >= 4 is 35.1 Å². The molecule has 1 unspecified atom stereocenters. The monoisotopic (exact) mass is 427 g/mol. The number of nitrogens with zero attached hydrogens (tertiary/aromatic N) is 1. The molecule has 1 aliphatic rings. The van der Waals surface area contributed by atoms with Crippen LogP contribution in [0.5, 0.6) is 0 Å². The molecule has 30 heavy (non-hydrogen) atoms. The van der Waals surface area contributed by atoms with Crippen LogP contribution in [-0.4, -0.2) is 29.3 Å². The van der Waals surface area contributed by atoms with Gasteiger partial charge in [-0.15, -0.1) is 0 Å². The van der Waals surface area contributed by atoms with Gasteiger partial charge in [-0.1, -0.05) is 62.7 Å². The number of rotatable bonds is 4. The van der Waals surface area contributed by atoms with Crippen LogP contribution in [0, 0.1) is 6.92 Å². The topological polar surface area (TPSA) is 78.5 Å². The lowest BCUT2D eigenvalue weighted by atomic mass is 9.84. The van der Waals surface area contributed by atoms with Crippen molar-refractivity contribution in [3.8, 4) is 0 Å². The number of benzene rings is 2. The number of aryl methyl sites for hydroxylation is 1. The molecule has 1 fully saturated rings. The second-order valence-electron chi connectivity index (χ2n) is 8.79. The molecule has 1 aliphatic heterocycles. The van der Waals surface area contributed by atoms with Crippen LogP contribution in [0.2, 0.25) is 5.02 Å². The summed E-state index contributed by atoms with van der Waals surface area (Å²) < 4.78 is 0. The fraction of sp³-hybridized carbons (Fsp3) is 0.348. The molecule has 3 rings (SSSR count). The molecule has 4 amide bonds. The highest BCUT2D eigenvalue weighted by Crippen LogP contribution is 2.31. The predicted octanol–water partition coefficient (Wildman–Crippen LogP) is 4.35. The molecule has 2 aromatic carbocycles. The Morgan fingerprint density at radius 2 is 1.77 bits per heavy atom. The highest BCUT2D eigenvalue weighted by Gasteiger charge is 2.49. The van der Waals surface area contributed by atoms with Crippen molar-refractivity contribution in [1.29, 1.82) is 0 Å². The lowest BCUT2D eigenvalue weighted by molar-refractivity contribution is -0.133. The van der Waals surface area contributed by atoms with E-state index in [0.29, 0.717) is 16.3 Å². The summed E-state index contributed by atoms with van der Waals surface area (Å²) in [5.74, 6) is -0.946. The number of carbonyl (C=O) groups excluding carboxylic acids is 3. The summed E-state index contributed by atoms with van der Waals surface area (Å²) in [6.07, 6.45) is 0. The van der Waals surface area contributed by atoms with Gasteiger partial charge in [-0.25, -0.2) is 4.79 Å². The van der Waals surface area contributed by atoms with Gasteiger partial charge in [-0.3, -0.25) is 14.5 Å². The van der Waals surface area contributed by atoms with Crippen molar-refractivity contribution < 1.29 is 14.4 Å². The average Bonchev–Trinajstić information content (AvgIpc) is 2.88. The maximum Gasteiger partial charge on any atom is 0.325 e. The first kappa shape index (κ1) is 21.8. The summed E-state index contributed by atoms with van der Waals surface area (Å²) in [5.41, 5.74) is 1.94. The first-order valence-corrected chi connectivity index (χ1v) is 10.1. The number of halogens is 1. The zero-order valence-corrected chi connectivity index (χ0v) is 18.6. The second-order valence-corrected chi connectivity index (χ2v) is 9.19. The standard InChI is InChI=1S/C23H26ClN3O3/c1-14-6-11-17(12-18(14)24)25-19(28)13-27-20(29)23(5,26-21(27)30)16-9-7-15(8-10-16)22(2,3)4/h6-12H,13H2,1-5H3,(H,25,28)(H,26,30). The zero-order valence-electron chi connectivity index (χ0n) is 17.8. The van der Waals surface area contributed by atoms with Gasteiger partial charge in [0.2, 0.25) is 5.91 Å². The Bertz CT molecular complexity index is 1010. The molecular weight excluding hydrogens is 402 g/mol. The molecule has 0 saturated carbocycles. The molecule has 2 N–H and O–H groups in total. The van der Waals surface area contributed by atoms with Crippen molar-refractivity contribution in [2.24, 2.45) is 0 Å². The highest BCUT2D eigenvalue weighted by molar-refractivity contribution is 6.31. The summed E-state index contributed by atoms with van der Waals surface area (Å²) in [6, 6.07) is 12.1. The van der Waals surface area contributed by atoms with Gasteiger partial charge in [0.25, 0.3) is 5.91 Å². The highest BCUT2D eigenvalue weighted by atomic mass is 35.5. The van der Waals surface area contributed by atoms with E-state index in [1.807, 2.05) is 31.2 Å². The van der Waals surface area contributed by atoms with E-state index in [4.69, 9.17) is 11.6 Å². The van der Waals surface area contributed by atoms with Crippen molar-refractivity contribution in [3.05, 3.63) is 64.2 Å². The number of hydrogen-bond donors (Lipinski definition) is 2. The van der Waals surface area contributed by atoms with E-state index in [0.717, 1.165) is 16.0 Å². The Labute approximate surface area is 181 Å². The maximum absolute atomic E-state index is 13.0. The van der Waals surface area contributed by atoms with Gasteiger partial charge < -0.3 is 10.6 Å².